The third-order valence-electron chi connectivity index (χ3n) is 3.53. The summed E-state index contributed by atoms with van der Waals surface area (Å²) in [5.74, 6) is -0.471. The summed E-state index contributed by atoms with van der Waals surface area (Å²) in [6.07, 6.45) is 4.25. The number of barbiturate groups is 1. The van der Waals surface area contributed by atoms with Gasteiger partial charge in [-0.15, -0.1) is 0 Å². The standard InChI is InChI=1S/C11H16N2O3/c1-7(8-4-2-3-5-8)13-10(15)6-9(14)12-11(13)16/h7-8H,2-6H2,1H3,(H,12,14,16). The number of imide groups is 2. The second kappa shape index (κ2) is 4.23. The van der Waals surface area contributed by atoms with Crippen LogP contribution in [0.2, 0.25) is 0 Å². The van der Waals surface area contributed by atoms with Gasteiger partial charge in [0.15, 0.2) is 0 Å². The molecule has 1 unspecified atom stereocenters. The van der Waals surface area contributed by atoms with Crippen molar-refractivity contribution in [1.29, 1.82) is 0 Å². The van der Waals surface area contributed by atoms with E-state index in [1.54, 1.807) is 0 Å². The number of urea groups is 1. The van der Waals surface area contributed by atoms with E-state index in [-0.39, 0.29) is 18.4 Å². The molecule has 2 fully saturated rings. The lowest BCUT2D eigenvalue weighted by Gasteiger charge is -2.33. The molecule has 0 radical (unpaired) electrons. The average Bonchev–Trinajstić information content (AvgIpc) is 2.67. The highest BCUT2D eigenvalue weighted by Crippen LogP contribution is 2.30. The number of amides is 4. The van der Waals surface area contributed by atoms with Gasteiger partial charge in [0, 0.05) is 6.04 Å². The van der Waals surface area contributed by atoms with Gasteiger partial charge in [-0.05, 0) is 25.7 Å². The maximum Gasteiger partial charge on any atom is 0.331 e. The lowest BCUT2D eigenvalue weighted by Crippen LogP contribution is -2.57. The highest BCUT2D eigenvalue weighted by atomic mass is 16.2. The molecule has 1 aliphatic carbocycles. The van der Waals surface area contributed by atoms with Crippen molar-refractivity contribution in [2.75, 3.05) is 0 Å². The van der Waals surface area contributed by atoms with E-state index in [2.05, 4.69) is 5.32 Å². The third kappa shape index (κ3) is 1.94. The van der Waals surface area contributed by atoms with E-state index in [4.69, 9.17) is 0 Å². The molecule has 0 spiro atoms. The monoisotopic (exact) mass is 224 g/mol. The van der Waals surface area contributed by atoms with E-state index in [0.717, 1.165) is 25.7 Å². The molecule has 16 heavy (non-hydrogen) atoms. The highest BCUT2D eigenvalue weighted by Gasteiger charge is 2.37. The zero-order chi connectivity index (χ0) is 11.7. The summed E-state index contributed by atoms with van der Waals surface area (Å²) < 4.78 is 0. The summed E-state index contributed by atoms with van der Waals surface area (Å²) in [6.45, 7) is 1.89. The molecule has 5 nitrogen and oxygen atoms in total. The van der Waals surface area contributed by atoms with Crippen molar-refractivity contribution in [3.05, 3.63) is 0 Å². The van der Waals surface area contributed by atoms with Crippen LogP contribution < -0.4 is 5.32 Å². The van der Waals surface area contributed by atoms with Gasteiger partial charge < -0.3 is 0 Å². The fourth-order valence-corrected chi connectivity index (χ4v) is 2.62. The van der Waals surface area contributed by atoms with Crippen LogP contribution in [-0.4, -0.2) is 28.8 Å². The first kappa shape index (κ1) is 11.1. The Balaban J connectivity index is 2.09. The summed E-state index contributed by atoms with van der Waals surface area (Å²) >= 11 is 0. The molecule has 0 aromatic heterocycles. The number of nitrogens with zero attached hydrogens (tertiary/aromatic N) is 1. The molecule has 2 aliphatic rings. The van der Waals surface area contributed by atoms with E-state index in [9.17, 15) is 14.4 Å². The molecule has 1 aliphatic heterocycles. The number of hydrogen-bond donors (Lipinski definition) is 1. The molecule has 88 valence electrons. The van der Waals surface area contributed by atoms with Crippen LogP contribution >= 0.6 is 0 Å². The van der Waals surface area contributed by atoms with Crippen molar-refractivity contribution in [1.82, 2.24) is 10.2 Å². The molecule has 1 saturated carbocycles. The van der Waals surface area contributed by atoms with Gasteiger partial charge in [0.1, 0.15) is 6.42 Å². The topological polar surface area (TPSA) is 66.5 Å². The molecule has 1 saturated heterocycles. The normalized spacial score (nSPS) is 24.8. The van der Waals surface area contributed by atoms with E-state index in [1.165, 1.54) is 4.90 Å². The minimum Gasteiger partial charge on any atom is -0.277 e. The SMILES string of the molecule is CC(C1CCCC1)N1C(=O)CC(=O)NC1=O. The molecule has 0 aromatic carbocycles. The highest BCUT2D eigenvalue weighted by molar-refractivity contribution is 6.14. The lowest BCUT2D eigenvalue weighted by molar-refractivity contribution is -0.138. The van der Waals surface area contributed by atoms with Crippen molar-refractivity contribution >= 4 is 17.8 Å². The summed E-state index contributed by atoms with van der Waals surface area (Å²) in [4.78, 5) is 35.5. The van der Waals surface area contributed by atoms with Crippen LogP contribution in [0.1, 0.15) is 39.0 Å². The van der Waals surface area contributed by atoms with Gasteiger partial charge in [-0.25, -0.2) is 4.79 Å². The molecule has 2 rings (SSSR count). The number of rotatable bonds is 2. The Bertz CT molecular complexity index is 314. The van der Waals surface area contributed by atoms with Gasteiger partial charge in [-0.3, -0.25) is 19.8 Å². The van der Waals surface area contributed by atoms with Gasteiger partial charge in [-0.2, -0.15) is 0 Å². The minimum atomic E-state index is -0.555. The Labute approximate surface area is 94.2 Å². The van der Waals surface area contributed by atoms with E-state index in [1.807, 2.05) is 6.92 Å². The third-order valence-corrected chi connectivity index (χ3v) is 3.53. The zero-order valence-corrected chi connectivity index (χ0v) is 9.36. The number of hydrogen-bond acceptors (Lipinski definition) is 3. The largest absolute Gasteiger partial charge is 0.331 e. The first-order valence-corrected chi connectivity index (χ1v) is 5.75. The second-order valence-corrected chi connectivity index (χ2v) is 4.58. The fraction of sp³-hybridized carbons (Fsp3) is 0.727. The summed E-state index contributed by atoms with van der Waals surface area (Å²) in [6, 6.07) is -0.649. The van der Waals surface area contributed by atoms with Crippen LogP contribution in [0, 0.1) is 5.92 Å². The maximum atomic E-state index is 11.7. The zero-order valence-electron chi connectivity index (χ0n) is 9.36. The number of carbonyl (C=O) groups excluding carboxylic acids is 3. The summed E-state index contributed by atoms with van der Waals surface area (Å²) in [5.41, 5.74) is 0. The van der Waals surface area contributed by atoms with Gasteiger partial charge in [-0.1, -0.05) is 12.8 Å². The summed E-state index contributed by atoms with van der Waals surface area (Å²) in [7, 11) is 0. The molecule has 1 atom stereocenters. The predicted octanol–water partition coefficient (Wildman–Crippen LogP) is 1.03. The van der Waals surface area contributed by atoms with Gasteiger partial charge in [0.05, 0.1) is 0 Å². The van der Waals surface area contributed by atoms with Gasteiger partial charge in [0.25, 0.3) is 0 Å². The minimum absolute atomic E-state index is 0.0944. The Kier molecular flexibility index (Phi) is 2.94. The van der Waals surface area contributed by atoms with Crippen LogP contribution in [0.4, 0.5) is 4.79 Å². The van der Waals surface area contributed by atoms with Crippen molar-refractivity contribution in [2.24, 2.45) is 5.92 Å². The Morgan fingerprint density at radius 1 is 1.25 bits per heavy atom. The van der Waals surface area contributed by atoms with Gasteiger partial charge in [0.2, 0.25) is 11.8 Å². The molecule has 1 N–H and O–H groups in total. The molecular formula is C11H16N2O3. The van der Waals surface area contributed by atoms with Crippen LogP contribution in [0.3, 0.4) is 0 Å². The summed E-state index contributed by atoms with van der Waals surface area (Å²) in [5, 5.41) is 2.19. The van der Waals surface area contributed by atoms with Crippen LogP contribution in [0.5, 0.6) is 0 Å². The molecule has 1 heterocycles. The van der Waals surface area contributed by atoms with Crippen LogP contribution in [0.25, 0.3) is 0 Å². The number of carbonyl (C=O) groups is 3. The lowest BCUT2D eigenvalue weighted by atomic mass is 9.97. The average molecular weight is 224 g/mol. The van der Waals surface area contributed by atoms with Gasteiger partial charge >= 0.3 is 6.03 Å². The smallest absolute Gasteiger partial charge is 0.277 e. The fourth-order valence-electron chi connectivity index (χ4n) is 2.62. The molecular weight excluding hydrogens is 208 g/mol. The van der Waals surface area contributed by atoms with Crippen molar-refractivity contribution in [3.63, 3.8) is 0 Å². The van der Waals surface area contributed by atoms with Crippen molar-refractivity contribution < 1.29 is 14.4 Å². The van der Waals surface area contributed by atoms with E-state index >= 15 is 0 Å². The Hall–Kier alpha value is -1.39. The molecule has 4 amide bonds. The van der Waals surface area contributed by atoms with E-state index < -0.39 is 11.9 Å². The van der Waals surface area contributed by atoms with Crippen LogP contribution in [-0.2, 0) is 9.59 Å². The first-order valence-electron chi connectivity index (χ1n) is 5.75. The molecule has 0 bridgehead atoms. The van der Waals surface area contributed by atoms with Crippen molar-refractivity contribution in [3.8, 4) is 0 Å². The number of nitrogens with one attached hydrogen (secondary N) is 1. The van der Waals surface area contributed by atoms with Crippen LogP contribution in [0.15, 0.2) is 0 Å². The van der Waals surface area contributed by atoms with E-state index in [0.29, 0.717) is 5.92 Å². The van der Waals surface area contributed by atoms with Crippen molar-refractivity contribution in [2.45, 2.75) is 45.1 Å². The quantitative estimate of drug-likeness (QED) is 0.712. The maximum absolute atomic E-state index is 11.7. The second-order valence-electron chi connectivity index (χ2n) is 4.58. The Morgan fingerprint density at radius 2 is 1.88 bits per heavy atom. The Morgan fingerprint density at radius 3 is 2.44 bits per heavy atom. The predicted molar refractivity (Wildman–Crippen MR) is 56.4 cm³/mol. The first-order chi connectivity index (χ1) is 7.59. The molecule has 0 aromatic rings. The molecule has 5 heteroatoms.